The summed E-state index contributed by atoms with van der Waals surface area (Å²) in [5.41, 5.74) is 1.96. The second kappa shape index (κ2) is 4.98. The van der Waals surface area contributed by atoms with Gasteiger partial charge >= 0.3 is 6.03 Å². The summed E-state index contributed by atoms with van der Waals surface area (Å²) >= 11 is 1.68. The molecule has 0 bridgehead atoms. The van der Waals surface area contributed by atoms with Crippen molar-refractivity contribution in [2.45, 2.75) is 13.0 Å². The fourth-order valence-corrected chi connectivity index (χ4v) is 3.64. The molecular weight excluding hydrogens is 300 g/mol. The van der Waals surface area contributed by atoms with Gasteiger partial charge in [-0.15, -0.1) is 11.3 Å². The predicted octanol–water partition coefficient (Wildman–Crippen LogP) is 1.58. The molecule has 0 N–H and O–H groups in total. The van der Waals surface area contributed by atoms with E-state index in [1.165, 1.54) is 0 Å². The van der Waals surface area contributed by atoms with Crippen LogP contribution in [-0.4, -0.2) is 58.9 Å². The van der Waals surface area contributed by atoms with E-state index < -0.39 is 0 Å². The maximum atomic E-state index is 12.0. The summed E-state index contributed by atoms with van der Waals surface area (Å²) in [5.74, 6) is 0. The highest BCUT2D eigenvalue weighted by Crippen LogP contribution is 2.31. The summed E-state index contributed by atoms with van der Waals surface area (Å²) in [4.78, 5) is 22.3. The van der Waals surface area contributed by atoms with Crippen molar-refractivity contribution < 1.29 is 4.79 Å². The maximum Gasteiger partial charge on any atom is 0.324 e. The van der Waals surface area contributed by atoms with Crippen molar-refractivity contribution in [1.82, 2.24) is 19.7 Å². The summed E-state index contributed by atoms with van der Waals surface area (Å²) in [6.45, 7) is 5.35. The lowest BCUT2D eigenvalue weighted by atomic mass is 10.1. The second-order valence-electron chi connectivity index (χ2n) is 5.86. The molecule has 4 rings (SSSR count). The highest BCUT2D eigenvalue weighted by atomic mass is 32.1. The number of amides is 2. The molecule has 8 heteroatoms. The normalized spacial score (nSPS) is 19.2. The van der Waals surface area contributed by atoms with Crippen LogP contribution in [0.4, 0.5) is 15.6 Å². The Kier molecular flexibility index (Phi) is 3.07. The third-order valence-electron chi connectivity index (χ3n) is 4.23. The summed E-state index contributed by atoms with van der Waals surface area (Å²) in [5, 5.41) is 7.59. The van der Waals surface area contributed by atoms with Gasteiger partial charge in [-0.3, -0.25) is 9.58 Å². The quantitative estimate of drug-likeness (QED) is 0.862. The van der Waals surface area contributed by atoms with Gasteiger partial charge in [0.1, 0.15) is 0 Å². The molecule has 0 aromatic carbocycles. The first-order chi connectivity index (χ1) is 10.6. The molecule has 4 heterocycles. The van der Waals surface area contributed by atoms with Crippen LogP contribution in [0.25, 0.3) is 0 Å². The van der Waals surface area contributed by atoms with Crippen molar-refractivity contribution >= 4 is 28.2 Å². The summed E-state index contributed by atoms with van der Waals surface area (Å²) in [6, 6.07) is 0.404. The highest BCUT2D eigenvalue weighted by Gasteiger charge is 2.32. The fraction of sp³-hybridized carbons (Fsp3) is 0.500. The van der Waals surface area contributed by atoms with Crippen molar-refractivity contribution in [1.29, 1.82) is 0 Å². The molecule has 22 heavy (non-hydrogen) atoms. The van der Waals surface area contributed by atoms with Crippen LogP contribution in [0.1, 0.15) is 11.7 Å². The van der Waals surface area contributed by atoms with E-state index in [2.05, 4.69) is 20.4 Å². The van der Waals surface area contributed by atoms with Crippen molar-refractivity contribution in [3.63, 3.8) is 0 Å². The SMILES string of the molecule is Cc1csc(N2CC(n3cc(N4CCN(C)C4=O)cn3)C2)n1. The standard InChI is InChI=1S/C14H18N6OS/c1-10-9-22-13(16-10)18-6-12(7-18)20-8-11(5-15-20)19-4-3-17(2)14(19)21/h5,8-9,12H,3-4,6-7H2,1-2H3. The summed E-state index contributed by atoms with van der Waals surface area (Å²) in [6.07, 6.45) is 3.76. The fourth-order valence-electron chi connectivity index (χ4n) is 2.82. The van der Waals surface area contributed by atoms with Crippen molar-refractivity contribution in [2.24, 2.45) is 0 Å². The number of nitrogens with zero attached hydrogens (tertiary/aromatic N) is 6. The highest BCUT2D eigenvalue weighted by molar-refractivity contribution is 7.13. The van der Waals surface area contributed by atoms with E-state index in [4.69, 9.17) is 0 Å². The molecular formula is C14H18N6OS. The lowest BCUT2D eigenvalue weighted by Crippen LogP contribution is -2.48. The van der Waals surface area contributed by atoms with E-state index in [9.17, 15) is 4.79 Å². The minimum Gasteiger partial charge on any atom is -0.344 e. The van der Waals surface area contributed by atoms with Gasteiger partial charge in [-0.05, 0) is 6.92 Å². The topological polar surface area (TPSA) is 57.5 Å². The number of rotatable bonds is 3. The molecule has 0 spiro atoms. The largest absolute Gasteiger partial charge is 0.344 e. The van der Waals surface area contributed by atoms with Crippen LogP contribution in [0.2, 0.25) is 0 Å². The third-order valence-corrected chi connectivity index (χ3v) is 5.25. The molecule has 2 saturated heterocycles. The van der Waals surface area contributed by atoms with Crippen LogP contribution in [0.15, 0.2) is 17.8 Å². The van der Waals surface area contributed by atoms with Gasteiger partial charge in [-0.1, -0.05) is 0 Å². The van der Waals surface area contributed by atoms with Crippen molar-refractivity contribution in [3.8, 4) is 0 Å². The molecule has 2 aliphatic heterocycles. The van der Waals surface area contributed by atoms with E-state index in [1.807, 2.05) is 24.9 Å². The number of thiazole rings is 1. The Bertz CT molecular complexity index is 704. The number of carbonyl (C=O) groups excluding carboxylic acids is 1. The number of carbonyl (C=O) groups is 1. The van der Waals surface area contributed by atoms with Crippen molar-refractivity contribution in [2.75, 3.05) is 43.0 Å². The molecule has 2 aliphatic rings. The zero-order valence-corrected chi connectivity index (χ0v) is 13.5. The summed E-state index contributed by atoms with van der Waals surface area (Å²) in [7, 11) is 1.83. The van der Waals surface area contributed by atoms with Crippen LogP contribution >= 0.6 is 11.3 Å². The van der Waals surface area contributed by atoms with Crippen LogP contribution in [0.5, 0.6) is 0 Å². The molecule has 2 amide bonds. The minimum atomic E-state index is 0.0491. The van der Waals surface area contributed by atoms with Crippen LogP contribution in [-0.2, 0) is 0 Å². The Labute approximate surface area is 132 Å². The molecule has 2 aromatic heterocycles. The Hall–Kier alpha value is -2.09. The number of aryl methyl sites for hydroxylation is 1. The van der Waals surface area contributed by atoms with Gasteiger partial charge in [0.05, 0.1) is 23.6 Å². The molecule has 7 nitrogen and oxygen atoms in total. The van der Waals surface area contributed by atoms with E-state index in [-0.39, 0.29) is 6.03 Å². The van der Waals surface area contributed by atoms with Gasteiger partial charge in [-0.2, -0.15) is 5.10 Å². The average molecular weight is 318 g/mol. The molecule has 116 valence electrons. The maximum absolute atomic E-state index is 12.0. The monoisotopic (exact) mass is 318 g/mol. The number of aromatic nitrogens is 3. The Balaban J connectivity index is 1.42. The number of anilines is 2. The van der Waals surface area contributed by atoms with Gasteiger partial charge < -0.3 is 9.80 Å². The Morgan fingerprint density at radius 3 is 2.77 bits per heavy atom. The molecule has 0 unspecified atom stereocenters. The Morgan fingerprint density at radius 2 is 2.14 bits per heavy atom. The first-order valence-corrected chi connectivity index (χ1v) is 8.23. The first-order valence-electron chi connectivity index (χ1n) is 7.35. The molecule has 0 radical (unpaired) electrons. The molecule has 0 saturated carbocycles. The van der Waals surface area contributed by atoms with Crippen molar-refractivity contribution in [3.05, 3.63) is 23.5 Å². The number of hydrogen-bond donors (Lipinski definition) is 0. The number of urea groups is 1. The van der Waals surface area contributed by atoms with Crippen LogP contribution < -0.4 is 9.80 Å². The molecule has 0 aliphatic carbocycles. The molecule has 0 atom stereocenters. The minimum absolute atomic E-state index is 0.0491. The van der Waals surface area contributed by atoms with Gasteiger partial charge in [0.15, 0.2) is 5.13 Å². The lowest BCUT2D eigenvalue weighted by molar-refractivity contribution is 0.229. The zero-order chi connectivity index (χ0) is 15.3. The van der Waals surface area contributed by atoms with E-state index in [0.717, 1.165) is 42.7 Å². The Morgan fingerprint density at radius 1 is 1.32 bits per heavy atom. The van der Waals surface area contributed by atoms with Gasteiger partial charge in [0.2, 0.25) is 0 Å². The van der Waals surface area contributed by atoms with Crippen LogP contribution in [0, 0.1) is 6.92 Å². The van der Waals surface area contributed by atoms with Gasteiger partial charge in [-0.25, -0.2) is 9.78 Å². The van der Waals surface area contributed by atoms with E-state index in [0.29, 0.717) is 6.04 Å². The summed E-state index contributed by atoms with van der Waals surface area (Å²) < 4.78 is 1.97. The van der Waals surface area contributed by atoms with Gasteiger partial charge in [0, 0.05) is 44.8 Å². The molecule has 2 fully saturated rings. The third kappa shape index (κ3) is 2.14. The number of hydrogen-bond acceptors (Lipinski definition) is 5. The van der Waals surface area contributed by atoms with Crippen LogP contribution in [0.3, 0.4) is 0 Å². The van der Waals surface area contributed by atoms with E-state index >= 15 is 0 Å². The predicted molar refractivity (Wildman–Crippen MR) is 85.7 cm³/mol. The van der Waals surface area contributed by atoms with Gasteiger partial charge in [0.25, 0.3) is 0 Å². The van der Waals surface area contributed by atoms with E-state index in [1.54, 1.807) is 27.3 Å². The lowest BCUT2D eigenvalue weighted by Gasteiger charge is -2.39. The number of likely N-dealkylation sites (N-methyl/N-ethyl adjacent to an activating group) is 1. The zero-order valence-electron chi connectivity index (χ0n) is 12.6. The molecule has 2 aromatic rings. The second-order valence-corrected chi connectivity index (χ2v) is 6.70. The average Bonchev–Trinajstić information content (AvgIpc) is 3.13. The first kappa shape index (κ1) is 13.6. The smallest absolute Gasteiger partial charge is 0.324 e.